The summed E-state index contributed by atoms with van der Waals surface area (Å²) in [5.41, 5.74) is 1.13. The molecule has 0 saturated heterocycles. The van der Waals surface area contributed by atoms with Gasteiger partial charge in [0.25, 0.3) is 0 Å². The molecule has 1 N–H and O–H groups in total. The average molecular weight is 209 g/mol. The van der Waals surface area contributed by atoms with Crippen molar-refractivity contribution in [3.05, 3.63) is 35.6 Å². The zero-order valence-electron chi connectivity index (χ0n) is 9.76. The van der Waals surface area contributed by atoms with Crippen molar-refractivity contribution in [3.8, 4) is 0 Å². The fraction of sp³-hybridized carbons (Fsp3) is 0.538. The lowest BCUT2D eigenvalue weighted by Crippen LogP contribution is -2.26. The van der Waals surface area contributed by atoms with Crippen LogP contribution >= 0.6 is 0 Å². The fourth-order valence-electron chi connectivity index (χ4n) is 1.68. The van der Waals surface area contributed by atoms with Crippen LogP contribution in [0.5, 0.6) is 0 Å². The Kier molecular flexibility index (Phi) is 4.76. The van der Waals surface area contributed by atoms with Crippen LogP contribution in [0, 0.1) is 11.7 Å². The Balaban J connectivity index is 2.33. The molecule has 0 radical (unpaired) electrons. The number of nitrogens with one attached hydrogen (secondary N) is 1. The molecule has 1 aromatic rings. The standard InChI is InChI=1S/C13H20FN/c1-10(2)8-11(3)15-9-12-4-6-13(14)7-5-12/h4-7,10-11,15H,8-9H2,1-3H3/t11-/m1/s1. The van der Waals surface area contributed by atoms with Crippen LogP contribution in [0.15, 0.2) is 24.3 Å². The highest BCUT2D eigenvalue weighted by atomic mass is 19.1. The molecule has 0 unspecified atom stereocenters. The van der Waals surface area contributed by atoms with Gasteiger partial charge in [0.15, 0.2) is 0 Å². The van der Waals surface area contributed by atoms with Crippen molar-refractivity contribution in [2.45, 2.75) is 39.8 Å². The van der Waals surface area contributed by atoms with Crippen LogP contribution in [0.25, 0.3) is 0 Å². The van der Waals surface area contributed by atoms with Gasteiger partial charge in [0, 0.05) is 12.6 Å². The molecule has 1 rings (SSSR count). The lowest BCUT2D eigenvalue weighted by atomic mass is 10.1. The van der Waals surface area contributed by atoms with Gasteiger partial charge < -0.3 is 5.32 Å². The summed E-state index contributed by atoms with van der Waals surface area (Å²) < 4.78 is 12.6. The first kappa shape index (κ1) is 12.2. The topological polar surface area (TPSA) is 12.0 Å². The normalized spacial score (nSPS) is 13.1. The number of hydrogen-bond acceptors (Lipinski definition) is 1. The Bertz CT molecular complexity index is 279. The Hall–Kier alpha value is -0.890. The van der Waals surface area contributed by atoms with Gasteiger partial charge in [0.1, 0.15) is 5.82 Å². The quantitative estimate of drug-likeness (QED) is 0.784. The maximum atomic E-state index is 12.6. The molecule has 2 heteroatoms. The van der Waals surface area contributed by atoms with Crippen LogP contribution in [-0.2, 0) is 6.54 Å². The molecule has 0 aliphatic heterocycles. The monoisotopic (exact) mass is 209 g/mol. The van der Waals surface area contributed by atoms with E-state index in [0.29, 0.717) is 12.0 Å². The highest BCUT2D eigenvalue weighted by Gasteiger charge is 2.03. The van der Waals surface area contributed by atoms with Crippen molar-refractivity contribution in [2.75, 3.05) is 0 Å². The second kappa shape index (κ2) is 5.86. The summed E-state index contributed by atoms with van der Waals surface area (Å²) in [6, 6.07) is 7.17. The number of halogens is 1. The molecule has 84 valence electrons. The molecular weight excluding hydrogens is 189 g/mol. The SMILES string of the molecule is CC(C)C[C@@H](C)NCc1ccc(F)cc1. The van der Waals surface area contributed by atoms with Gasteiger partial charge >= 0.3 is 0 Å². The highest BCUT2D eigenvalue weighted by Crippen LogP contribution is 2.06. The van der Waals surface area contributed by atoms with Gasteiger partial charge in [-0.15, -0.1) is 0 Å². The lowest BCUT2D eigenvalue weighted by Gasteiger charge is -2.15. The minimum Gasteiger partial charge on any atom is -0.310 e. The zero-order chi connectivity index (χ0) is 11.3. The van der Waals surface area contributed by atoms with Gasteiger partial charge in [0.05, 0.1) is 0 Å². The second-order valence-electron chi connectivity index (χ2n) is 4.54. The molecule has 0 spiro atoms. The summed E-state index contributed by atoms with van der Waals surface area (Å²) >= 11 is 0. The summed E-state index contributed by atoms with van der Waals surface area (Å²) in [7, 11) is 0. The summed E-state index contributed by atoms with van der Waals surface area (Å²) in [5.74, 6) is 0.537. The van der Waals surface area contributed by atoms with E-state index in [0.717, 1.165) is 12.1 Å². The Morgan fingerprint density at radius 1 is 1.13 bits per heavy atom. The largest absolute Gasteiger partial charge is 0.310 e. The first-order chi connectivity index (χ1) is 7.08. The van der Waals surface area contributed by atoms with E-state index in [1.165, 1.54) is 18.6 Å². The predicted molar refractivity (Wildman–Crippen MR) is 62.2 cm³/mol. The van der Waals surface area contributed by atoms with Crippen LogP contribution < -0.4 is 5.32 Å². The highest BCUT2D eigenvalue weighted by molar-refractivity contribution is 5.15. The van der Waals surface area contributed by atoms with Crippen LogP contribution in [0.1, 0.15) is 32.8 Å². The van der Waals surface area contributed by atoms with Crippen molar-refractivity contribution in [1.29, 1.82) is 0 Å². The van der Waals surface area contributed by atoms with Crippen molar-refractivity contribution in [2.24, 2.45) is 5.92 Å². The molecule has 0 aromatic heterocycles. The Morgan fingerprint density at radius 3 is 2.27 bits per heavy atom. The van der Waals surface area contributed by atoms with Crippen molar-refractivity contribution >= 4 is 0 Å². The first-order valence-corrected chi connectivity index (χ1v) is 5.55. The van der Waals surface area contributed by atoms with E-state index in [1.807, 2.05) is 12.1 Å². The van der Waals surface area contributed by atoms with E-state index in [9.17, 15) is 4.39 Å². The molecule has 15 heavy (non-hydrogen) atoms. The Labute approximate surface area is 91.7 Å². The van der Waals surface area contributed by atoms with Crippen LogP contribution in [0.3, 0.4) is 0 Å². The minimum atomic E-state index is -0.172. The van der Waals surface area contributed by atoms with E-state index in [1.54, 1.807) is 0 Å². The van der Waals surface area contributed by atoms with Crippen LogP contribution in [0.4, 0.5) is 4.39 Å². The molecule has 0 saturated carbocycles. The van der Waals surface area contributed by atoms with E-state index in [4.69, 9.17) is 0 Å². The van der Waals surface area contributed by atoms with Gasteiger partial charge in [-0.25, -0.2) is 4.39 Å². The smallest absolute Gasteiger partial charge is 0.123 e. The van der Waals surface area contributed by atoms with E-state index >= 15 is 0 Å². The van der Waals surface area contributed by atoms with Crippen LogP contribution in [-0.4, -0.2) is 6.04 Å². The Morgan fingerprint density at radius 2 is 1.73 bits per heavy atom. The van der Waals surface area contributed by atoms with E-state index in [-0.39, 0.29) is 5.82 Å². The van der Waals surface area contributed by atoms with Gasteiger partial charge in [-0.3, -0.25) is 0 Å². The van der Waals surface area contributed by atoms with Crippen molar-refractivity contribution < 1.29 is 4.39 Å². The minimum absolute atomic E-state index is 0.172. The fourth-order valence-corrected chi connectivity index (χ4v) is 1.68. The second-order valence-corrected chi connectivity index (χ2v) is 4.54. The maximum absolute atomic E-state index is 12.6. The molecule has 0 amide bonds. The van der Waals surface area contributed by atoms with Gasteiger partial charge in [-0.2, -0.15) is 0 Å². The van der Waals surface area contributed by atoms with Crippen molar-refractivity contribution in [3.63, 3.8) is 0 Å². The molecule has 0 aliphatic rings. The van der Waals surface area contributed by atoms with Crippen LogP contribution in [0.2, 0.25) is 0 Å². The summed E-state index contributed by atoms with van der Waals surface area (Å²) in [5, 5.41) is 3.43. The number of benzene rings is 1. The summed E-state index contributed by atoms with van der Waals surface area (Å²) in [4.78, 5) is 0. The average Bonchev–Trinajstić information content (AvgIpc) is 2.16. The molecular formula is C13H20FN. The summed E-state index contributed by atoms with van der Waals surface area (Å²) in [6.45, 7) is 7.43. The third-order valence-electron chi connectivity index (χ3n) is 2.39. The third-order valence-corrected chi connectivity index (χ3v) is 2.39. The molecule has 1 aromatic carbocycles. The molecule has 0 bridgehead atoms. The van der Waals surface area contributed by atoms with Gasteiger partial charge in [-0.1, -0.05) is 26.0 Å². The number of rotatable bonds is 5. The first-order valence-electron chi connectivity index (χ1n) is 5.55. The third kappa shape index (κ3) is 4.93. The molecule has 1 nitrogen and oxygen atoms in total. The van der Waals surface area contributed by atoms with E-state index in [2.05, 4.69) is 26.1 Å². The van der Waals surface area contributed by atoms with E-state index < -0.39 is 0 Å². The van der Waals surface area contributed by atoms with Gasteiger partial charge in [0.2, 0.25) is 0 Å². The lowest BCUT2D eigenvalue weighted by molar-refractivity contribution is 0.441. The van der Waals surface area contributed by atoms with Gasteiger partial charge in [-0.05, 0) is 37.0 Å². The molecule has 1 atom stereocenters. The molecule has 0 aliphatic carbocycles. The zero-order valence-corrected chi connectivity index (χ0v) is 9.76. The number of hydrogen-bond donors (Lipinski definition) is 1. The molecule has 0 fully saturated rings. The predicted octanol–water partition coefficient (Wildman–Crippen LogP) is 3.35. The molecule has 0 heterocycles. The summed E-state index contributed by atoms with van der Waals surface area (Å²) in [6.07, 6.45) is 1.17. The maximum Gasteiger partial charge on any atom is 0.123 e. The van der Waals surface area contributed by atoms with Crippen molar-refractivity contribution in [1.82, 2.24) is 5.32 Å².